The van der Waals surface area contributed by atoms with E-state index in [0.717, 1.165) is 65.5 Å². The zero-order chi connectivity index (χ0) is 30.6. The van der Waals surface area contributed by atoms with Crippen molar-refractivity contribution in [2.45, 2.75) is 70.2 Å². The summed E-state index contributed by atoms with van der Waals surface area (Å²) in [5, 5.41) is 3.57. The second kappa shape index (κ2) is 11.3. The van der Waals surface area contributed by atoms with Crippen LogP contribution in [0.2, 0.25) is 5.02 Å². The number of ether oxygens (including phenoxy) is 2. The van der Waals surface area contributed by atoms with Gasteiger partial charge in [0.15, 0.2) is 5.65 Å². The maximum atomic E-state index is 13.1. The molecule has 2 aromatic heterocycles. The van der Waals surface area contributed by atoms with Crippen LogP contribution in [0.3, 0.4) is 0 Å². The van der Waals surface area contributed by atoms with Gasteiger partial charge in [0, 0.05) is 35.1 Å². The second-order valence-corrected chi connectivity index (χ2v) is 13.7. The van der Waals surface area contributed by atoms with Crippen LogP contribution >= 0.6 is 11.6 Å². The molecule has 0 unspecified atom stereocenters. The first-order valence-corrected chi connectivity index (χ1v) is 16.0. The second-order valence-electron chi connectivity index (χ2n) is 13.3. The largest absolute Gasteiger partial charge is 0.462 e. The van der Waals surface area contributed by atoms with Crippen LogP contribution in [0.1, 0.15) is 46.5 Å². The lowest BCUT2D eigenvalue weighted by molar-refractivity contribution is 0.0122. The van der Waals surface area contributed by atoms with Crippen molar-refractivity contribution in [2.75, 3.05) is 38.2 Å². The van der Waals surface area contributed by atoms with Gasteiger partial charge in [0.05, 0.1) is 23.2 Å². The maximum absolute atomic E-state index is 13.1. The van der Waals surface area contributed by atoms with E-state index in [-0.39, 0.29) is 18.2 Å². The molecular formula is C34H39ClN6O3. The SMILES string of the molecule is CN1CCC[C@H]1COc1nc(N2C[C@H]3CC[C@@H](C2)N3C(=O)OC(C)(C)C)c2ccc(-c3cccc4cccc(Cl)c34)nc2n1. The van der Waals surface area contributed by atoms with Gasteiger partial charge in [0.1, 0.15) is 18.0 Å². The number of anilines is 1. The van der Waals surface area contributed by atoms with Gasteiger partial charge in [0.25, 0.3) is 0 Å². The fourth-order valence-electron chi connectivity index (χ4n) is 6.99. The summed E-state index contributed by atoms with van der Waals surface area (Å²) in [6.45, 7) is 8.65. The summed E-state index contributed by atoms with van der Waals surface area (Å²) in [6.07, 6.45) is 3.90. The first-order chi connectivity index (χ1) is 21.1. The molecule has 44 heavy (non-hydrogen) atoms. The van der Waals surface area contributed by atoms with Gasteiger partial charge in [0.2, 0.25) is 0 Å². The zero-order valence-electron chi connectivity index (χ0n) is 25.8. The molecule has 0 spiro atoms. The zero-order valence-corrected chi connectivity index (χ0v) is 26.5. The normalized spacial score (nSPS) is 22.2. The van der Waals surface area contributed by atoms with Gasteiger partial charge in [-0.25, -0.2) is 9.78 Å². The number of likely N-dealkylation sites (N-methyl/N-ethyl adjacent to an activating group) is 1. The maximum Gasteiger partial charge on any atom is 0.410 e. The minimum absolute atomic E-state index is 0.0511. The number of likely N-dealkylation sites (tertiary alicyclic amines) is 1. The summed E-state index contributed by atoms with van der Waals surface area (Å²) < 4.78 is 12.1. The number of benzene rings is 2. The van der Waals surface area contributed by atoms with Crippen LogP contribution in [0.5, 0.6) is 6.01 Å². The van der Waals surface area contributed by atoms with Gasteiger partial charge in [-0.1, -0.05) is 41.9 Å². The number of hydrogen-bond donors (Lipinski definition) is 0. The highest BCUT2D eigenvalue weighted by molar-refractivity contribution is 6.36. The number of carbonyl (C=O) groups excluding carboxylic acids is 1. The predicted molar refractivity (Wildman–Crippen MR) is 174 cm³/mol. The van der Waals surface area contributed by atoms with Crippen LogP contribution in [-0.2, 0) is 4.74 Å². The first kappa shape index (κ1) is 29.0. The molecule has 2 aromatic carbocycles. The number of halogens is 1. The topological polar surface area (TPSA) is 83.9 Å². The third-order valence-electron chi connectivity index (χ3n) is 9.11. The lowest BCUT2D eigenvalue weighted by Gasteiger charge is -2.42. The van der Waals surface area contributed by atoms with Crippen molar-refractivity contribution in [3.8, 4) is 17.3 Å². The van der Waals surface area contributed by atoms with Gasteiger partial charge < -0.3 is 19.3 Å². The lowest BCUT2D eigenvalue weighted by Crippen LogP contribution is -2.57. The Morgan fingerprint density at radius 1 is 0.977 bits per heavy atom. The fourth-order valence-corrected chi connectivity index (χ4v) is 7.27. The third kappa shape index (κ3) is 5.52. The van der Waals surface area contributed by atoms with Crippen LogP contribution < -0.4 is 9.64 Å². The highest BCUT2D eigenvalue weighted by atomic mass is 35.5. The minimum atomic E-state index is -0.534. The number of aromatic nitrogens is 3. The van der Waals surface area contributed by atoms with E-state index < -0.39 is 5.60 Å². The van der Waals surface area contributed by atoms with E-state index in [1.807, 2.05) is 56.0 Å². The summed E-state index contributed by atoms with van der Waals surface area (Å²) in [7, 11) is 2.14. The molecule has 7 rings (SSSR count). The minimum Gasteiger partial charge on any atom is -0.462 e. The fraction of sp³-hybridized carbons (Fsp3) is 0.471. The van der Waals surface area contributed by atoms with E-state index in [9.17, 15) is 4.79 Å². The summed E-state index contributed by atoms with van der Waals surface area (Å²) in [5.74, 6) is 0.792. The van der Waals surface area contributed by atoms with Crippen LogP contribution in [0.25, 0.3) is 33.1 Å². The van der Waals surface area contributed by atoms with Crippen molar-refractivity contribution in [1.29, 1.82) is 0 Å². The highest BCUT2D eigenvalue weighted by Crippen LogP contribution is 2.38. The standard InChI is InChI=1S/C34H39ClN6O3/c1-34(2,3)44-33(42)41-22-13-14-23(41)19-40(18-22)31-26-15-16-28(25-11-5-8-21-9-6-12-27(35)29(21)25)36-30(26)37-32(38-31)43-20-24-10-7-17-39(24)4/h5-6,8-9,11-12,15-16,22-24H,7,10,13-14,17-20H2,1-4H3/t22-,23+,24-/m0/s1. The molecule has 2 bridgehead atoms. The van der Waals surface area contributed by atoms with Crippen molar-refractivity contribution >= 4 is 45.3 Å². The Bertz CT molecular complexity index is 1710. The number of rotatable bonds is 5. The molecule has 3 saturated heterocycles. The average Bonchev–Trinajstić information content (AvgIpc) is 3.52. The summed E-state index contributed by atoms with van der Waals surface area (Å²) in [4.78, 5) is 34.6. The molecule has 9 nitrogen and oxygen atoms in total. The Morgan fingerprint density at radius 2 is 1.73 bits per heavy atom. The Morgan fingerprint density at radius 3 is 2.43 bits per heavy atom. The predicted octanol–water partition coefficient (Wildman–Crippen LogP) is 6.56. The van der Waals surface area contributed by atoms with E-state index in [2.05, 4.69) is 35.0 Å². The van der Waals surface area contributed by atoms with Gasteiger partial charge in [-0.3, -0.25) is 4.90 Å². The number of hydrogen-bond acceptors (Lipinski definition) is 8. The number of carbonyl (C=O) groups is 1. The molecule has 3 aliphatic heterocycles. The van der Waals surface area contributed by atoms with Crippen LogP contribution in [0, 0.1) is 0 Å². The van der Waals surface area contributed by atoms with Crippen molar-refractivity contribution in [3.63, 3.8) is 0 Å². The molecule has 10 heteroatoms. The quantitative estimate of drug-likeness (QED) is 0.250. The molecule has 230 valence electrons. The summed E-state index contributed by atoms with van der Waals surface area (Å²) >= 11 is 6.68. The number of nitrogens with zero attached hydrogens (tertiary/aromatic N) is 6. The number of amides is 1. The van der Waals surface area contributed by atoms with Crippen molar-refractivity contribution in [3.05, 3.63) is 53.6 Å². The Kier molecular flexibility index (Phi) is 7.49. The van der Waals surface area contributed by atoms with Crippen molar-refractivity contribution in [2.24, 2.45) is 0 Å². The number of fused-ring (bicyclic) bond motifs is 4. The van der Waals surface area contributed by atoms with E-state index in [0.29, 0.717) is 42.4 Å². The Balaban J connectivity index is 1.26. The van der Waals surface area contributed by atoms with Gasteiger partial charge in [-0.2, -0.15) is 9.97 Å². The molecule has 4 aromatic rings. The van der Waals surface area contributed by atoms with Gasteiger partial charge in [-0.05, 0) is 83.6 Å². The molecule has 5 heterocycles. The highest BCUT2D eigenvalue weighted by Gasteiger charge is 2.45. The molecule has 0 saturated carbocycles. The molecule has 1 amide bonds. The van der Waals surface area contributed by atoms with Crippen molar-refractivity contribution < 1.29 is 14.3 Å². The van der Waals surface area contributed by atoms with E-state index in [1.54, 1.807) is 0 Å². The third-order valence-corrected chi connectivity index (χ3v) is 9.43. The smallest absolute Gasteiger partial charge is 0.410 e. The molecule has 3 aliphatic rings. The van der Waals surface area contributed by atoms with E-state index in [1.165, 1.54) is 0 Å². The summed E-state index contributed by atoms with van der Waals surface area (Å²) in [6, 6.07) is 16.9. The molecular weight excluding hydrogens is 576 g/mol. The summed E-state index contributed by atoms with van der Waals surface area (Å²) in [5.41, 5.74) is 1.79. The van der Waals surface area contributed by atoms with Crippen LogP contribution in [0.4, 0.5) is 10.6 Å². The number of pyridine rings is 1. The number of piperazine rings is 1. The van der Waals surface area contributed by atoms with Gasteiger partial charge in [-0.15, -0.1) is 0 Å². The Hall–Kier alpha value is -3.69. The molecule has 0 aliphatic carbocycles. The first-order valence-electron chi connectivity index (χ1n) is 15.6. The monoisotopic (exact) mass is 614 g/mol. The molecule has 0 N–H and O–H groups in total. The van der Waals surface area contributed by atoms with E-state index >= 15 is 0 Å². The van der Waals surface area contributed by atoms with Crippen LogP contribution in [0.15, 0.2) is 48.5 Å². The van der Waals surface area contributed by atoms with Gasteiger partial charge >= 0.3 is 12.1 Å². The Labute approximate surface area is 263 Å². The average molecular weight is 615 g/mol. The molecule has 3 fully saturated rings. The van der Waals surface area contributed by atoms with E-state index in [4.69, 9.17) is 36.0 Å². The lowest BCUT2D eigenvalue weighted by atomic mass is 10.0. The van der Waals surface area contributed by atoms with Crippen molar-refractivity contribution in [1.82, 2.24) is 24.8 Å². The van der Waals surface area contributed by atoms with Crippen LogP contribution in [-0.4, -0.2) is 87.9 Å². The molecule has 3 atom stereocenters. The molecule has 0 radical (unpaired) electrons.